The van der Waals surface area contributed by atoms with Crippen LogP contribution in [-0.4, -0.2) is 34.6 Å². The molecule has 6 heteroatoms. The Balaban J connectivity index is 1.68. The Bertz CT molecular complexity index is 629. The largest absolute Gasteiger partial charge is 0.368 e. The Labute approximate surface area is 121 Å². The van der Waals surface area contributed by atoms with Gasteiger partial charge in [0.1, 0.15) is 23.6 Å². The Hall–Kier alpha value is -1.79. The number of rotatable bonds is 3. The molecule has 1 fully saturated rings. The number of hydrogen-bond donors (Lipinski definition) is 1. The summed E-state index contributed by atoms with van der Waals surface area (Å²) >= 11 is 0. The highest BCUT2D eigenvalue weighted by Crippen LogP contribution is 2.22. The Kier molecular flexibility index (Phi) is 3.98. The van der Waals surface area contributed by atoms with E-state index < -0.39 is 11.6 Å². The van der Waals surface area contributed by atoms with Gasteiger partial charge in [0.25, 0.3) is 0 Å². The lowest BCUT2D eigenvalue weighted by Crippen LogP contribution is -2.38. The van der Waals surface area contributed by atoms with E-state index in [1.54, 1.807) is 6.20 Å². The number of aryl methyl sites for hydroxylation is 1. The van der Waals surface area contributed by atoms with Crippen LogP contribution in [0, 0.1) is 18.6 Å². The molecule has 21 heavy (non-hydrogen) atoms. The maximum absolute atomic E-state index is 13.7. The van der Waals surface area contributed by atoms with Crippen LogP contribution in [0.5, 0.6) is 0 Å². The summed E-state index contributed by atoms with van der Waals surface area (Å²) in [7, 11) is 0. The Morgan fingerprint density at radius 1 is 1.43 bits per heavy atom. The standard InChI is InChI=1S/C15H17F2N3O/c1-10-7-18-15(19-10)14-9-20(4-5-21-14)8-11-2-3-12(16)6-13(11)17/h2-3,6-7,14H,4-5,8-9H2,1H3,(H,18,19)/t14-/m1/s1. The summed E-state index contributed by atoms with van der Waals surface area (Å²) in [5.41, 5.74) is 1.47. The number of nitrogens with zero attached hydrogens (tertiary/aromatic N) is 2. The van der Waals surface area contributed by atoms with Crippen molar-refractivity contribution in [2.75, 3.05) is 19.7 Å². The van der Waals surface area contributed by atoms with E-state index in [2.05, 4.69) is 14.9 Å². The monoisotopic (exact) mass is 293 g/mol. The second kappa shape index (κ2) is 5.91. The van der Waals surface area contributed by atoms with Crippen molar-refractivity contribution in [3.8, 4) is 0 Å². The van der Waals surface area contributed by atoms with Crippen LogP contribution in [0.2, 0.25) is 0 Å². The SMILES string of the molecule is Cc1cnc([C@H]2CN(Cc3ccc(F)cc3F)CCO2)[nH]1. The minimum Gasteiger partial charge on any atom is -0.368 e. The number of aromatic nitrogens is 2. The van der Waals surface area contributed by atoms with Crippen molar-refractivity contribution in [1.82, 2.24) is 14.9 Å². The molecule has 0 saturated carbocycles. The molecule has 1 aromatic heterocycles. The smallest absolute Gasteiger partial charge is 0.136 e. The lowest BCUT2D eigenvalue weighted by atomic mass is 10.1. The van der Waals surface area contributed by atoms with Gasteiger partial charge in [-0.15, -0.1) is 0 Å². The van der Waals surface area contributed by atoms with Gasteiger partial charge in [0.05, 0.1) is 6.61 Å². The molecule has 0 radical (unpaired) electrons. The van der Waals surface area contributed by atoms with Crippen LogP contribution < -0.4 is 0 Å². The highest BCUT2D eigenvalue weighted by Gasteiger charge is 2.24. The quantitative estimate of drug-likeness (QED) is 0.945. The van der Waals surface area contributed by atoms with Crippen LogP contribution in [0.25, 0.3) is 0 Å². The third-order valence-corrected chi connectivity index (χ3v) is 3.59. The zero-order valence-electron chi connectivity index (χ0n) is 11.8. The van der Waals surface area contributed by atoms with Crippen molar-refractivity contribution < 1.29 is 13.5 Å². The number of halogens is 2. The molecule has 2 aromatic rings. The first-order valence-corrected chi connectivity index (χ1v) is 6.91. The summed E-state index contributed by atoms with van der Waals surface area (Å²) in [6.07, 6.45) is 1.62. The summed E-state index contributed by atoms with van der Waals surface area (Å²) in [5.74, 6) is -0.272. The molecule has 1 N–H and O–H groups in total. The molecule has 1 saturated heterocycles. The van der Waals surface area contributed by atoms with Gasteiger partial charge in [-0.05, 0) is 13.0 Å². The number of H-pyrrole nitrogens is 1. The molecular formula is C15H17F2N3O. The molecule has 0 amide bonds. The average molecular weight is 293 g/mol. The van der Waals surface area contributed by atoms with Crippen LogP contribution in [0.1, 0.15) is 23.2 Å². The average Bonchev–Trinajstić information content (AvgIpc) is 2.89. The molecule has 1 aliphatic rings. The van der Waals surface area contributed by atoms with Crippen molar-refractivity contribution in [1.29, 1.82) is 0 Å². The molecule has 0 spiro atoms. The zero-order chi connectivity index (χ0) is 14.8. The fourth-order valence-corrected chi connectivity index (χ4v) is 2.50. The maximum atomic E-state index is 13.7. The van der Waals surface area contributed by atoms with Gasteiger partial charge in [0.2, 0.25) is 0 Å². The van der Waals surface area contributed by atoms with Gasteiger partial charge in [-0.2, -0.15) is 0 Å². The van der Waals surface area contributed by atoms with E-state index in [0.717, 1.165) is 17.6 Å². The van der Waals surface area contributed by atoms with Gasteiger partial charge in [-0.3, -0.25) is 4.90 Å². The zero-order valence-corrected chi connectivity index (χ0v) is 11.8. The first kappa shape index (κ1) is 14.2. The fraction of sp³-hybridized carbons (Fsp3) is 0.400. The topological polar surface area (TPSA) is 41.2 Å². The molecule has 4 nitrogen and oxygen atoms in total. The summed E-state index contributed by atoms with van der Waals surface area (Å²) in [6, 6.07) is 3.70. The van der Waals surface area contributed by atoms with E-state index in [4.69, 9.17) is 4.74 Å². The first-order chi connectivity index (χ1) is 10.1. The van der Waals surface area contributed by atoms with Crippen LogP contribution in [-0.2, 0) is 11.3 Å². The third kappa shape index (κ3) is 3.28. The van der Waals surface area contributed by atoms with E-state index in [1.807, 2.05) is 6.92 Å². The van der Waals surface area contributed by atoms with Crippen LogP contribution in [0.4, 0.5) is 8.78 Å². The normalized spacial score (nSPS) is 19.9. The van der Waals surface area contributed by atoms with E-state index in [9.17, 15) is 8.78 Å². The van der Waals surface area contributed by atoms with Crippen molar-refractivity contribution in [2.24, 2.45) is 0 Å². The number of benzene rings is 1. The molecule has 3 rings (SSSR count). The van der Waals surface area contributed by atoms with Gasteiger partial charge >= 0.3 is 0 Å². The van der Waals surface area contributed by atoms with Crippen LogP contribution in [0.15, 0.2) is 24.4 Å². The second-order valence-corrected chi connectivity index (χ2v) is 5.28. The van der Waals surface area contributed by atoms with Crippen LogP contribution >= 0.6 is 0 Å². The third-order valence-electron chi connectivity index (χ3n) is 3.59. The first-order valence-electron chi connectivity index (χ1n) is 6.91. The molecule has 1 aliphatic heterocycles. The maximum Gasteiger partial charge on any atom is 0.136 e. The summed E-state index contributed by atoms with van der Waals surface area (Å²) in [6.45, 7) is 4.28. The molecule has 2 heterocycles. The summed E-state index contributed by atoms with van der Waals surface area (Å²) < 4.78 is 32.3. The highest BCUT2D eigenvalue weighted by atomic mass is 19.1. The van der Waals surface area contributed by atoms with E-state index >= 15 is 0 Å². The van der Waals surface area contributed by atoms with Crippen molar-refractivity contribution >= 4 is 0 Å². The van der Waals surface area contributed by atoms with E-state index in [0.29, 0.717) is 31.8 Å². The second-order valence-electron chi connectivity index (χ2n) is 5.28. The number of nitrogens with one attached hydrogen (secondary N) is 1. The molecule has 112 valence electrons. The van der Waals surface area contributed by atoms with Crippen molar-refractivity contribution in [2.45, 2.75) is 19.6 Å². The molecule has 0 unspecified atom stereocenters. The van der Waals surface area contributed by atoms with Crippen molar-refractivity contribution in [3.05, 3.63) is 53.1 Å². The summed E-state index contributed by atoms with van der Waals surface area (Å²) in [5, 5.41) is 0. The summed E-state index contributed by atoms with van der Waals surface area (Å²) in [4.78, 5) is 9.53. The molecular weight excluding hydrogens is 276 g/mol. The Morgan fingerprint density at radius 3 is 3.00 bits per heavy atom. The predicted molar refractivity (Wildman–Crippen MR) is 73.7 cm³/mol. The Morgan fingerprint density at radius 2 is 2.29 bits per heavy atom. The number of aromatic amines is 1. The van der Waals surface area contributed by atoms with Gasteiger partial charge < -0.3 is 9.72 Å². The fourth-order valence-electron chi connectivity index (χ4n) is 2.50. The van der Waals surface area contributed by atoms with Gasteiger partial charge in [-0.25, -0.2) is 13.8 Å². The number of imidazole rings is 1. The molecule has 0 bridgehead atoms. The lowest BCUT2D eigenvalue weighted by molar-refractivity contribution is -0.0371. The predicted octanol–water partition coefficient (Wildman–Crippen LogP) is 2.57. The van der Waals surface area contributed by atoms with E-state index in [-0.39, 0.29) is 6.10 Å². The minimum atomic E-state index is -0.554. The minimum absolute atomic E-state index is 0.143. The van der Waals surface area contributed by atoms with Crippen LogP contribution in [0.3, 0.4) is 0 Å². The van der Waals surface area contributed by atoms with Gasteiger partial charge in [0, 0.05) is 43.2 Å². The molecule has 1 atom stereocenters. The van der Waals surface area contributed by atoms with Crippen molar-refractivity contribution in [3.63, 3.8) is 0 Å². The highest BCUT2D eigenvalue weighted by molar-refractivity contribution is 5.18. The number of hydrogen-bond acceptors (Lipinski definition) is 3. The van der Waals surface area contributed by atoms with Gasteiger partial charge in [-0.1, -0.05) is 6.07 Å². The molecule has 0 aliphatic carbocycles. The molecule has 1 aromatic carbocycles. The number of morpholine rings is 1. The number of ether oxygens (including phenoxy) is 1. The van der Waals surface area contributed by atoms with E-state index in [1.165, 1.54) is 12.1 Å². The van der Waals surface area contributed by atoms with Gasteiger partial charge in [0.15, 0.2) is 0 Å². The lowest BCUT2D eigenvalue weighted by Gasteiger charge is -2.32.